The van der Waals surface area contributed by atoms with Crippen molar-refractivity contribution < 1.29 is 4.39 Å². The summed E-state index contributed by atoms with van der Waals surface area (Å²) >= 11 is 3.17. The zero-order valence-electron chi connectivity index (χ0n) is 9.14. The first-order valence-electron chi connectivity index (χ1n) is 4.85. The highest BCUT2D eigenvalue weighted by molar-refractivity contribution is 9.10. The Bertz CT molecular complexity index is 374. The number of nitrogens with one attached hydrogen (secondary N) is 1. The average Bonchev–Trinajstić information content (AvgIpc) is 2.22. The normalized spacial score (nSPS) is 14.1. The van der Waals surface area contributed by atoms with Gasteiger partial charge in [-0.25, -0.2) is 4.39 Å². The van der Waals surface area contributed by atoms with Crippen molar-refractivity contribution in [2.24, 2.45) is 0 Å². The van der Waals surface area contributed by atoms with Crippen molar-refractivity contribution in [3.63, 3.8) is 0 Å². The summed E-state index contributed by atoms with van der Waals surface area (Å²) < 4.78 is 13.5. The highest BCUT2D eigenvalue weighted by atomic mass is 79.9. The van der Waals surface area contributed by atoms with Gasteiger partial charge in [0.25, 0.3) is 0 Å². The number of likely N-dealkylation sites (N-methyl/N-ethyl adjacent to an activating group) is 1. The van der Waals surface area contributed by atoms with E-state index in [1.54, 1.807) is 12.1 Å². The fourth-order valence-electron chi connectivity index (χ4n) is 1.22. The lowest BCUT2D eigenvalue weighted by molar-refractivity contribution is 0.621. The maximum Gasteiger partial charge on any atom is 0.137 e. The lowest BCUT2D eigenvalue weighted by atomic mass is 10.1. The van der Waals surface area contributed by atoms with E-state index in [0.29, 0.717) is 10.5 Å². The molecule has 1 aromatic carbocycles. The third-order valence-electron chi connectivity index (χ3n) is 2.45. The van der Waals surface area contributed by atoms with E-state index in [-0.39, 0.29) is 5.82 Å². The Morgan fingerprint density at radius 2 is 2.20 bits per heavy atom. The molecule has 1 rings (SSSR count). The van der Waals surface area contributed by atoms with Gasteiger partial charge >= 0.3 is 0 Å². The maximum atomic E-state index is 13.0. The van der Waals surface area contributed by atoms with Crippen molar-refractivity contribution in [2.75, 3.05) is 7.05 Å². The van der Waals surface area contributed by atoms with Crippen molar-refractivity contribution in [1.29, 1.82) is 0 Å². The van der Waals surface area contributed by atoms with Gasteiger partial charge in [0.15, 0.2) is 0 Å². The molecule has 1 unspecified atom stereocenters. The SMILES string of the molecule is CNC(C)/C(C)=C/c1ccc(F)c(Br)c1. The first kappa shape index (κ1) is 12.4. The summed E-state index contributed by atoms with van der Waals surface area (Å²) in [7, 11) is 1.92. The Kier molecular flexibility index (Phi) is 4.48. The summed E-state index contributed by atoms with van der Waals surface area (Å²) in [5.74, 6) is -0.230. The fraction of sp³-hybridized carbons (Fsp3) is 0.333. The van der Waals surface area contributed by atoms with Crippen LogP contribution in [-0.2, 0) is 0 Å². The van der Waals surface area contributed by atoms with Crippen LogP contribution in [0.25, 0.3) is 6.08 Å². The third-order valence-corrected chi connectivity index (χ3v) is 3.06. The highest BCUT2D eigenvalue weighted by Gasteiger charge is 2.02. The monoisotopic (exact) mass is 271 g/mol. The predicted molar refractivity (Wildman–Crippen MR) is 66.3 cm³/mol. The first-order valence-corrected chi connectivity index (χ1v) is 5.64. The molecule has 1 N–H and O–H groups in total. The summed E-state index contributed by atoms with van der Waals surface area (Å²) in [5, 5.41) is 3.16. The summed E-state index contributed by atoms with van der Waals surface area (Å²) in [6, 6.07) is 5.34. The van der Waals surface area contributed by atoms with Crippen LogP contribution in [0.2, 0.25) is 0 Å². The molecule has 1 nitrogen and oxygen atoms in total. The van der Waals surface area contributed by atoms with Gasteiger partial charge in [-0.2, -0.15) is 0 Å². The van der Waals surface area contributed by atoms with Crippen LogP contribution in [0.5, 0.6) is 0 Å². The second-order valence-electron chi connectivity index (χ2n) is 3.57. The Labute approximate surface area is 98.5 Å². The number of hydrogen-bond donors (Lipinski definition) is 1. The standard InChI is InChI=1S/C12H15BrFN/c1-8(9(2)15-3)6-10-4-5-12(14)11(13)7-10/h4-7,9,15H,1-3H3/b8-6+. The Morgan fingerprint density at radius 3 is 2.73 bits per heavy atom. The molecule has 0 fully saturated rings. The predicted octanol–water partition coefficient (Wildman–Crippen LogP) is 3.60. The zero-order chi connectivity index (χ0) is 11.4. The van der Waals surface area contributed by atoms with Crippen LogP contribution in [0.15, 0.2) is 28.2 Å². The second kappa shape index (κ2) is 5.42. The van der Waals surface area contributed by atoms with Gasteiger partial charge in [-0.05, 0) is 54.5 Å². The van der Waals surface area contributed by atoms with Crippen LogP contribution < -0.4 is 5.32 Å². The van der Waals surface area contributed by atoms with Gasteiger partial charge in [0, 0.05) is 6.04 Å². The minimum Gasteiger partial charge on any atom is -0.314 e. The molecule has 0 saturated carbocycles. The third kappa shape index (κ3) is 3.43. The zero-order valence-corrected chi connectivity index (χ0v) is 10.7. The van der Waals surface area contributed by atoms with E-state index in [1.807, 2.05) is 13.1 Å². The lowest BCUT2D eigenvalue weighted by Crippen LogP contribution is -2.21. The molecule has 15 heavy (non-hydrogen) atoms. The molecule has 0 aliphatic rings. The van der Waals surface area contributed by atoms with Crippen molar-refractivity contribution in [3.8, 4) is 0 Å². The van der Waals surface area contributed by atoms with Gasteiger partial charge in [0.05, 0.1) is 4.47 Å². The quantitative estimate of drug-likeness (QED) is 0.886. The van der Waals surface area contributed by atoms with E-state index in [2.05, 4.69) is 35.1 Å². The van der Waals surface area contributed by atoms with Crippen LogP contribution >= 0.6 is 15.9 Å². The van der Waals surface area contributed by atoms with E-state index in [1.165, 1.54) is 11.6 Å². The van der Waals surface area contributed by atoms with Gasteiger partial charge < -0.3 is 5.32 Å². The molecule has 0 aliphatic carbocycles. The molecule has 1 atom stereocenters. The molecular formula is C12H15BrFN. The molecule has 0 saturated heterocycles. The van der Waals surface area contributed by atoms with Crippen LogP contribution in [0.1, 0.15) is 19.4 Å². The van der Waals surface area contributed by atoms with E-state index < -0.39 is 0 Å². The number of halogens is 2. The summed E-state index contributed by atoms with van der Waals surface area (Å²) in [6.07, 6.45) is 2.05. The Hall–Kier alpha value is -0.670. The van der Waals surface area contributed by atoms with Gasteiger partial charge in [-0.15, -0.1) is 0 Å². The van der Waals surface area contributed by atoms with Gasteiger partial charge in [-0.1, -0.05) is 17.7 Å². The van der Waals surface area contributed by atoms with Gasteiger partial charge in [-0.3, -0.25) is 0 Å². The van der Waals surface area contributed by atoms with Crippen molar-refractivity contribution >= 4 is 22.0 Å². The van der Waals surface area contributed by atoms with Crippen LogP contribution in [-0.4, -0.2) is 13.1 Å². The minimum atomic E-state index is -0.230. The molecule has 0 amide bonds. The fourth-order valence-corrected chi connectivity index (χ4v) is 1.61. The van der Waals surface area contributed by atoms with E-state index in [0.717, 1.165) is 5.56 Å². The Morgan fingerprint density at radius 1 is 1.53 bits per heavy atom. The molecule has 1 aromatic rings. The summed E-state index contributed by atoms with van der Waals surface area (Å²) in [5.41, 5.74) is 2.22. The average molecular weight is 272 g/mol. The second-order valence-corrected chi connectivity index (χ2v) is 4.43. The minimum absolute atomic E-state index is 0.230. The van der Waals surface area contributed by atoms with Gasteiger partial charge in [0.1, 0.15) is 5.82 Å². The molecule has 0 heterocycles. The lowest BCUT2D eigenvalue weighted by Gasteiger charge is -2.10. The van der Waals surface area contributed by atoms with Gasteiger partial charge in [0.2, 0.25) is 0 Å². The van der Waals surface area contributed by atoms with E-state index in [4.69, 9.17) is 0 Å². The maximum absolute atomic E-state index is 13.0. The molecular weight excluding hydrogens is 257 g/mol. The van der Waals surface area contributed by atoms with Crippen molar-refractivity contribution in [1.82, 2.24) is 5.32 Å². The highest BCUT2D eigenvalue weighted by Crippen LogP contribution is 2.19. The molecule has 0 aromatic heterocycles. The molecule has 82 valence electrons. The van der Waals surface area contributed by atoms with E-state index >= 15 is 0 Å². The molecule has 3 heteroatoms. The summed E-state index contributed by atoms with van der Waals surface area (Å²) in [6.45, 7) is 4.14. The molecule has 0 spiro atoms. The molecule has 0 radical (unpaired) electrons. The van der Waals surface area contributed by atoms with E-state index in [9.17, 15) is 4.39 Å². The van der Waals surface area contributed by atoms with Crippen LogP contribution in [0.4, 0.5) is 4.39 Å². The number of rotatable bonds is 3. The van der Waals surface area contributed by atoms with Crippen molar-refractivity contribution in [2.45, 2.75) is 19.9 Å². The van der Waals surface area contributed by atoms with Crippen LogP contribution in [0, 0.1) is 5.82 Å². The van der Waals surface area contributed by atoms with Crippen LogP contribution in [0.3, 0.4) is 0 Å². The molecule has 0 bridgehead atoms. The summed E-state index contributed by atoms with van der Waals surface area (Å²) in [4.78, 5) is 0. The Balaban J connectivity index is 2.93. The number of hydrogen-bond acceptors (Lipinski definition) is 1. The smallest absolute Gasteiger partial charge is 0.137 e. The van der Waals surface area contributed by atoms with Crippen molar-refractivity contribution in [3.05, 3.63) is 39.6 Å². The largest absolute Gasteiger partial charge is 0.314 e. The first-order chi connectivity index (χ1) is 7.04. The number of benzene rings is 1. The molecule has 0 aliphatic heterocycles. The topological polar surface area (TPSA) is 12.0 Å².